The number of likely N-dealkylation sites (tertiary alicyclic amines) is 1. The van der Waals surface area contributed by atoms with Gasteiger partial charge in [0.1, 0.15) is 5.75 Å². The number of rotatable bonds is 13. The third kappa shape index (κ3) is 8.75. The minimum Gasteiger partial charge on any atom is -0.497 e. The Bertz CT molecular complexity index is 1480. The van der Waals surface area contributed by atoms with Crippen molar-refractivity contribution in [1.29, 1.82) is 0 Å². The van der Waals surface area contributed by atoms with Crippen molar-refractivity contribution in [2.45, 2.75) is 32.2 Å². The van der Waals surface area contributed by atoms with Crippen LogP contribution in [0.5, 0.6) is 5.75 Å². The molecule has 0 unspecified atom stereocenters. The lowest BCUT2D eigenvalue weighted by Gasteiger charge is -2.24. The quantitative estimate of drug-likeness (QED) is 0.231. The summed E-state index contributed by atoms with van der Waals surface area (Å²) in [7, 11) is 1.64. The second kappa shape index (κ2) is 15.1. The molecule has 1 aliphatic heterocycles. The van der Waals surface area contributed by atoms with Crippen molar-refractivity contribution in [3.63, 3.8) is 0 Å². The fraction of sp³-hybridized carbons (Fsp3) is 0.306. The highest BCUT2D eigenvalue weighted by atomic mass is 16.5. The molecule has 0 bridgehead atoms. The van der Waals surface area contributed by atoms with Crippen LogP contribution >= 0.6 is 0 Å². The average Bonchev–Trinajstić information content (AvgIpc) is 3.57. The SMILES string of the molecule is COc1ccc(CC(=O)N(CCc2ccncc2)Cc2cccc(-c3cccc(C(=O)NCCN4CCCC4)c3)c2)cc1. The lowest BCUT2D eigenvalue weighted by atomic mass is 10.0. The van der Waals surface area contributed by atoms with Crippen molar-refractivity contribution < 1.29 is 14.3 Å². The van der Waals surface area contributed by atoms with E-state index in [0.29, 0.717) is 31.6 Å². The van der Waals surface area contributed by atoms with Gasteiger partial charge in [0.25, 0.3) is 5.91 Å². The maximum atomic E-state index is 13.6. The van der Waals surface area contributed by atoms with Crippen LogP contribution in [-0.4, -0.2) is 66.4 Å². The normalized spacial score (nSPS) is 13.0. The number of ether oxygens (including phenoxy) is 1. The van der Waals surface area contributed by atoms with Gasteiger partial charge < -0.3 is 19.9 Å². The molecule has 0 aliphatic carbocycles. The summed E-state index contributed by atoms with van der Waals surface area (Å²) >= 11 is 0. The minimum atomic E-state index is -0.0522. The number of methoxy groups -OCH3 is 1. The molecular weight excluding hydrogens is 536 g/mol. The van der Waals surface area contributed by atoms with Gasteiger partial charge in [-0.05, 0) is 103 Å². The predicted octanol–water partition coefficient (Wildman–Crippen LogP) is 5.40. The van der Waals surface area contributed by atoms with E-state index < -0.39 is 0 Å². The summed E-state index contributed by atoms with van der Waals surface area (Å²) in [5.74, 6) is 0.784. The van der Waals surface area contributed by atoms with Gasteiger partial charge in [-0.1, -0.05) is 42.5 Å². The van der Waals surface area contributed by atoms with E-state index in [9.17, 15) is 9.59 Å². The van der Waals surface area contributed by atoms with Crippen LogP contribution in [0.1, 0.15) is 39.9 Å². The zero-order valence-electron chi connectivity index (χ0n) is 24.9. The van der Waals surface area contributed by atoms with Gasteiger partial charge >= 0.3 is 0 Å². The van der Waals surface area contributed by atoms with Crippen LogP contribution in [0, 0.1) is 0 Å². The molecule has 5 rings (SSSR count). The number of amides is 2. The number of hydrogen-bond acceptors (Lipinski definition) is 5. The van der Waals surface area contributed by atoms with Crippen molar-refractivity contribution in [3.05, 3.63) is 120 Å². The summed E-state index contributed by atoms with van der Waals surface area (Å²) in [5.41, 5.74) is 5.77. The standard InChI is InChI=1S/C36H40N4O3/c1-43-34-12-10-29(11-13-34)25-35(41)40(22-16-28-14-17-37-18-15-28)27-30-6-4-7-31(24-30)32-8-5-9-33(26-32)36(42)38-19-23-39-20-2-3-21-39/h4-15,17-18,24,26H,2-3,16,19-23,25,27H2,1H3,(H,38,42). The molecule has 2 amide bonds. The molecule has 0 atom stereocenters. The summed E-state index contributed by atoms with van der Waals surface area (Å²) in [6.45, 7) is 4.87. The summed E-state index contributed by atoms with van der Waals surface area (Å²) < 4.78 is 5.27. The average molecular weight is 577 g/mol. The van der Waals surface area contributed by atoms with E-state index >= 15 is 0 Å². The molecule has 43 heavy (non-hydrogen) atoms. The van der Waals surface area contributed by atoms with Gasteiger partial charge in [-0.15, -0.1) is 0 Å². The number of hydrogen-bond donors (Lipinski definition) is 1. The Labute approximate surface area is 254 Å². The van der Waals surface area contributed by atoms with E-state index in [1.165, 1.54) is 12.8 Å². The molecule has 0 spiro atoms. The number of pyridine rings is 1. The smallest absolute Gasteiger partial charge is 0.251 e. The van der Waals surface area contributed by atoms with Gasteiger partial charge in [-0.3, -0.25) is 14.6 Å². The molecule has 1 N–H and O–H groups in total. The van der Waals surface area contributed by atoms with Crippen molar-refractivity contribution in [1.82, 2.24) is 20.1 Å². The zero-order chi connectivity index (χ0) is 29.9. The van der Waals surface area contributed by atoms with Crippen LogP contribution in [0.3, 0.4) is 0 Å². The Morgan fingerprint density at radius 2 is 1.58 bits per heavy atom. The molecule has 7 nitrogen and oxygen atoms in total. The third-order valence-electron chi connectivity index (χ3n) is 7.96. The van der Waals surface area contributed by atoms with Gasteiger partial charge in [0.15, 0.2) is 0 Å². The monoisotopic (exact) mass is 576 g/mol. The molecule has 2 heterocycles. The highest BCUT2D eigenvalue weighted by Crippen LogP contribution is 2.23. The van der Waals surface area contributed by atoms with Crippen LogP contribution in [0.4, 0.5) is 0 Å². The van der Waals surface area contributed by atoms with E-state index in [1.807, 2.05) is 77.7 Å². The number of nitrogens with zero attached hydrogens (tertiary/aromatic N) is 3. The van der Waals surface area contributed by atoms with Crippen LogP contribution in [0.15, 0.2) is 97.3 Å². The van der Waals surface area contributed by atoms with Gasteiger partial charge in [-0.25, -0.2) is 0 Å². The van der Waals surface area contributed by atoms with Crippen molar-refractivity contribution in [2.24, 2.45) is 0 Å². The number of carbonyl (C=O) groups excluding carboxylic acids is 2. The van der Waals surface area contributed by atoms with E-state index in [-0.39, 0.29) is 11.8 Å². The Balaban J connectivity index is 1.27. The lowest BCUT2D eigenvalue weighted by Crippen LogP contribution is -2.33. The first kappa shape index (κ1) is 30.0. The van der Waals surface area contributed by atoms with E-state index in [0.717, 1.165) is 59.6 Å². The molecule has 1 fully saturated rings. The summed E-state index contributed by atoms with van der Waals surface area (Å²) in [6, 6.07) is 27.6. The van der Waals surface area contributed by atoms with Crippen molar-refractivity contribution in [2.75, 3.05) is 39.8 Å². The fourth-order valence-electron chi connectivity index (χ4n) is 5.48. The summed E-state index contributed by atoms with van der Waals surface area (Å²) in [5, 5.41) is 3.07. The van der Waals surface area contributed by atoms with E-state index in [2.05, 4.69) is 27.3 Å². The zero-order valence-corrected chi connectivity index (χ0v) is 24.9. The number of carbonyl (C=O) groups is 2. The van der Waals surface area contributed by atoms with Crippen LogP contribution in [-0.2, 0) is 24.2 Å². The van der Waals surface area contributed by atoms with Crippen molar-refractivity contribution in [3.8, 4) is 16.9 Å². The topological polar surface area (TPSA) is 74.8 Å². The molecule has 1 aromatic heterocycles. The van der Waals surface area contributed by atoms with Crippen LogP contribution < -0.4 is 10.1 Å². The first-order valence-electron chi connectivity index (χ1n) is 15.1. The number of aromatic nitrogens is 1. The second-order valence-electron chi connectivity index (χ2n) is 11.0. The van der Waals surface area contributed by atoms with E-state index in [1.54, 1.807) is 19.5 Å². The summed E-state index contributed by atoms with van der Waals surface area (Å²) in [4.78, 5) is 34.9. The molecule has 222 valence electrons. The Morgan fingerprint density at radius 1 is 0.860 bits per heavy atom. The largest absolute Gasteiger partial charge is 0.497 e. The number of benzene rings is 3. The fourth-order valence-corrected chi connectivity index (χ4v) is 5.48. The van der Waals surface area contributed by atoms with Gasteiger partial charge in [0, 0.05) is 44.1 Å². The molecule has 1 aliphatic rings. The molecule has 0 saturated carbocycles. The molecule has 7 heteroatoms. The second-order valence-corrected chi connectivity index (χ2v) is 11.0. The molecule has 1 saturated heterocycles. The van der Waals surface area contributed by atoms with Crippen LogP contribution in [0.25, 0.3) is 11.1 Å². The molecule has 4 aromatic rings. The predicted molar refractivity (Wildman–Crippen MR) is 170 cm³/mol. The summed E-state index contributed by atoms with van der Waals surface area (Å²) in [6.07, 6.45) is 7.11. The maximum absolute atomic E-state index is 13.6. The Morgan fingerprint density at radius 3 is 2.33 bits per heavy atom. The van der Waals surface area contributed by atoms with Gasteiger partial charge in [-0.2, -0.15) is 0 Å². The Hall–Kier alpha value is -4.49. The van der Waals surface area contributed by atoms with Gasteiger partial charge in [0.05, 0.1) is 13.5 Å². The first-order valence-corrected chi connectivity index (χ1v) is 15.1. The maximum Gasteiger partial charge on any atom is 0.251 e. The highest BCUT2D eigenvalue weighted by molar-refractivity contribution is 5.95. The highest BCUT2D eigenvalue weighted by Gasteiger charge is 2.16. The Kier molecular flexibility index (Phi) is 10.5. The minimum absolute atomic E-state index is 0.0522. The third-order valence-corrected chi connectivity index (χ3v) is 7.96. The molecule has 3 aromatic carbocycles. The van der Waals surface area contributed by atoms with Crippen LogP contribution in [0.2, 0.25) is 0 Å². The molecule has 0 radical (unpaired) electrons. The van der Waals surface area contributed by atoms with Crippen molar-refractivity contribution >= 4 is 11.8 Å². The van der Waals surface area contributed by atoms with E-state index in [4.69, 9.17) is 4.74 Å². The lowest BCUT2D eigenvalue weighted by molar-refractivity contribution is -0.131. The molecular formula is C36H40N4O3. The first-order chi connectivity index (χ1) is 21.1. The number of nitrogens with one attached hydrogen (secondary N) is 1. The van der Waals surface area contributed by atoms with Gasteiger partial charge in [0.2, 0.25) is 5.91 Å².